The second kappa shape index (κ2) is 6.67. The molecule has 1 aliphatic carbocycles. The van der Waals surface area contributed by atoms with E-state index in [0.29, 0.717) is 6.04 Å². The zero-order chi connectivity index (χ0) is 14.6. The zero-order valence-corrected chi connectivity index (χ0v) is 12.5. The highest BCUT2D eigenvalue weighted by Crippen LogP contribution is 2.32. The van der Waals surface area contributed by atoms with Crippen molar-refractivity contribution in [2.75, 3.05) is 20.3 Å². The molecule has 0 spiro atoms. The van der Waals surface area contributed by atoms with Gasteiger partial charge in [0, 0.05) is 13.2 Å². The van der Waals surface area contributed by atoms with Crippen molar-refractivity contribution < 1.29 is 13.2 Å². The van der Waals surface area contributed by atoms with Crippen molar-refractivity contribution in [1.82, 2.24) is 5.32 Å². The van der Waals surface area contributed by atoms with E-state index in [4.69, 9.17) is 9.88 Å². The van der Waals surface area contributed by atoms with Crippen molar-refractivity contribution in [3.05, 3.63) is 29.8 Å². The van der Waals surface area contributed by atoms with Gasteiger partial charge >= 0.3 is 0 Å². The molecule has 1 aromatic rings. The molecule has 1 aromatic carbocycles. The van der Waals surface area contributed by atoms with Gasteiger partial charge < -0.3 is 10.1 Å². The van der Waals surface area contributed by atoms with Gasteiger partial charge in [-0.15, -0.1) is 0 Å². The average molecular weight is 298 g/mol. The van der Waals surface area contributed by atoms with Gasteiger partial charge in [-0.05, 0) is 49.4 Å². The number of ether oxygens (including phenoxy) is 1. The second-order valence-corrected chi connectivity index (χ2v) is 6.85. The van der Waals surface area contributed by atoms with Crippen molar-refractivity contribution in [3.8, 4) is 0 Å². The van der Waals surface area contributed by atoms with Crippen molar-refractivity contribution >= 4 is 10.0 Å². The minimum absolute atomic E-state index is 0.157. The Hall–Kier alpha value is -0.950. The third-order valence-electron chi connectivity index (χ3n) is 3.61. The SMILES string of the molecule is COCC(NCCc1ccc(S(N)(=O)=O)cc1)C1CC1. The van der Waals surface area contributed by atoms with Crippen LogP contribution in [0.1, 0.15) is 18.4 Å². The lowest BCUT2D eigenvalue weighted by molar-refractivity contribution is 0.158. The number of nitrogens with one attached hydrogen (secondary N) is 1. The first-order chi connectivity index (χ1) is 9.50. The Morgan fingerprint density at radius 2 is 2.00 bits per heavy atom. The molecule has 0 amide bonds. The number of primary sulfonamides is 1. The molecule has 0 radical (unpaired) electrons. The van der Waals surface area contributed by atoms with Crippen LogP contribution in [-0.2, 0) is 21.2 Å². The number of sulfonamides is 1. The Labute approximate surface area is 120 Å². The number of hydrogen-bond donors (Lipinski definition) is 2. The molecular formula is C14H22N2O3S. The summed E-state index contributed by atoms with van der Waals surface area (Å²) in [6, 6.07) is 7.16. The quantitative estimate of drug-likeness (QED) is 0.747. The van der Waals surface area contributed by atoms with Crippen LogP contribution in [0.15, 0.2) is 29.2 Å². The highest BCUT2D eigenvalue weighted by atomic mass is 32.2. The molecule has 0 aliphatic heterocycles. The van der Waals surface area contributed by atoms with Crippen LogP contribution in [0.25, 0.3) is 0 Å². The van der Waals surface area contributed by atoms with E-state index in [1.54, 1.807) is 19.2 Å². The molecule has 0 heterocycles. The molecule has 1 saturated carbocycles. The van der Waals surface area contributed by atoms with E-state index < -0.39 is 10.0 Å². The van der Waals surface area contributed by atoms with Gasteiger partial charge in [-0.1, -0.05) is 12.1 Å². The number of rotatable bonds is 8. The molecule has 1 unspecified atom stereocenters. The number of hydrogen-bond acceptors (Lipinski definition) is 4. The second-order valence-electron chi connectivity index (χ2n) is 5.29. The van der Waals surface area contributed by atoms with E-state index in [-0.39, 0.29) is 4.90 Å². The average Bonchev–Trinajstić information content (AvgIpc) is 3.21. The van der Waals surface area contributed by atoms with E-state index in [0.717, 1.165) is 31.1 Å². The Bertz CT molecular complexity index is 524. The molecular weight excluding hydrogens is 276 g/mol. The maximum absolute atomic E-state index is 11.2. The molecule has 2 rings (SSSR count). The van der Waals surface area contributed by atoms with Gasteiger partial charge in [-0.25, -0.2) is 13.6 Å². The van der Waals surface area contributed by atoms with Crippen molar-refractivity contribution in [1.29, 1.82) is 0 Å². The van der Waals surface area contributed by atoms with Crippen molar-refractivity contribution in [3.63, 3.8) is 0 Å². The van der Waals surface area contributed by atoms with E-state index in [1.807, 2.05) is 12.1 Å². The standard InChI is InChI=1S/C14H22N2O3S/c1-19-10-14(12-4-5-12)16-9-8-11-2-6-13(7-3-11)20(15,17)18/h2-3,6-7,12,14,16H,4-5,8-10H2,1H3,(H2,15,17,18). The van der Waals surface area contributed by atoms with Gasteiger partial charge in [-0.2, -0.15) is 0 Å². The summed E-state index contributed by atoms with van der Waals surface area (Å²) in [6.07, 6.45) is 3.42. The van der Waals surface area contributed by atoms with E-state index in [1.165, 1.54) is 12.8 Å². The Morgan fingerprint density at radius 1 is 1.35 bits per heavy atom. The predicted molar refractivity (Wildman–Crippen MR) is 77.9 cm³/mol. The van der Waals surface area contributed by atoms with Crippen molar-refractivity contribution in [2.45, 2.75) is 30.2 Å². The van der Waals surface area contributed by atoms with Gasteiger partial charge in [0.15, 0.2) is 0 Å². The fraction of sp³-hybridized carbons (Fsp3) is 0.571. The van der Waals surface area contributed by atoms with E-state index in [9.17, 15) is 8.42 Å². The molecule has 3 N–H and O–H groups in total. The zero-order valence-electron chi connectivity index (χ0n) is 11.7. The number of methoxy groups -OCH3 is 1. The van der Waals surface area contributed by atoms with E-state index >= 15 is 0 Å². The minimum atomic E-state index is -3.60. The monoisotopic (exact) mass is 298 g/mol. The third kappa shape index (κ3) is 4.56. The maximum atomic E-state index is 11.2. The molecule has 0 saturated heterocycles. The van der Waals surface area contributed by atoms with Crippen LogP contribution < -0.4 is 10.5 Å². The number of nitrogens with two attached hydrogens (primary N) is 1. The number of benzene rings is 1. The fourth-order valence-electron chi connectivity index (χ4n) is 2.29. The fourth-order valence-corrected chi connectivity index (χ4v) is 2.80. The summed E-state index contributed by atoms with van der Waals surface area (Å²) >= 11 is 0. The predicted octanol–water partition coefficient (Wildman–Crippen LogP) is 0.891. The lowest BCUT2D eigenvalue weighted by Crippen LogP contribution is -2.36. The first-order valence-electron chi connectivity index (χ1n) is 6.85. The molecule has 1 atom stereocenters. The summed E-state index contributed by atoms with van der Waals surface area (Å²) in [4.78, 5) is 0.157. The van der Waals surface area contributed by atoms with E-state index in [2.05, 4.69) is 5.32 Å². The summed E-state index contributed by atoms with van der Waals surface area (Å²) in [5, 5.41) is 8.57. The highest BCUT2D eigenvalue weighted by molar-refractivity contribution is 7.89. The van der Waals surface area contributed by atoms with Gasteiger partial charge in [0.1, 0.15) is 0 Å². The molecule has 0 bridgehead atoms. The van der Waals surface area contributed by atoms with Crippen LogP contribution in [0.5, 0.6) is 0 Å². The van der Waals surface area contributed by atoms with Gasteiger partial charge in [-0.3, -0.25) is 0 Å². The topological polar surface area (TPSA) is 81.4 Å². The smallest absolute Gasteiger partial charge is 0.238 e. The van der Waals surface area contributed by atoms with Crippen LogP contribution in [0.3, 0.4) is 0 Å². The van der Waals surface area contributed by atoms with Crippen LogP contribution in [0, 0.1) is 5.92 Å². The molecule has 0 aromatic heterocycles. The molecule has 1 aliphatic rings. The molecule has 6 heteroatoms. The molecule has 1 fully saturated rings. The summed E-state index contributed by atoms with van der Waals surface area (Å²) in [7, 11) is -1.87. The van der Waals surface area contributed by atoms with Gasteiger partial charge in [0.05, 0.1) is 11.5 Å². The Morgan fingerprint density at radius 3 is 2.50 bits per heavy atom. The lowest BCUT2D eigenvalue weighted by Gasteiger charge is -2.17. The largest absolute Gasteiger partial charge is 0.383 e. The summed E-state index contributed by atoms with van der Waals surface area (Å²) in [5.41, 5.74) is 1.09. The molecule has 112 valence electrons. The van der Waals surface area contributed by atoms with Crippen LogP contribution in [0.4, 0.5) is 0 Å². The minimum Gasteiger partial charge on any atom is -0.383 e. The van der Waals surface area contributed by atoms with Crippen molar-refractivity contribution in [2.24, 2.45) is 11.1 Å². The van der Waals surface area contributed by atoms with Crippen LogP contribution >= 0.6 is 0 Å². The lowest BCUT2D eigenvalue weighted by atomic mass is 10.1. The summed E-state index contributed by atoms with van der Waals surface area (Å²) in [6.45, 7) is 1.61. The molecule has 20 heavy (non-hydrogen) atoms. The third-order valence-corrected chi connectivity index (χ3v) is 4.54. The molecule has 5 nitrogen and oxygen atoms in total. The van der Waals surface area contributed by atoms with Gasteiger partial charge in [0.25, 0.3) is 0 Å². The van der Waals surface area contributed by atoms with Crippen LogP contribution in [0.2, 0.25) is 0 Å². The normalized spacial score (nSPS) is 17.1. The highest BCUT2D eigenvalue weighted by Gasteiger charge is 2.30. The Kier molecular flexibility index (Phi) is 5.15. The van der Waals surface area contributed by atoms with Crippen LogP contribution in [-0.4, -0.2) is 34.7 Å². The maximum Gasteiger partial charge on any atom is 0.238 e. The first kappa shape index (κ1) is 15.4. The Balaban J connectivity index is 1.81. The first-order valence-corrected chi connectivity index (χ1v) is 8.39. The summed E-state index contributed by atoms with van der Waals surface area (Å²) in [5.74, 6) is 0.750. The summed E-state index contributed by atoms with van der Waals surface area (Å²) < 4.78 is 27.5. The van der Waals surface area contributed by atoms with Gasteiger partial charge in [0.2, 0.25) is 10.0 Å².